The van der Waals surface area contributed by atoms with Crippen LogP contribution in [-0.2, 0) is 11.4 Å². The van der Waals surface area contributed by atoms with Crippen LogP contribution in [-0.4, -0.2) is 28.0 Å². The molecular formula is C23H17Cl2N3O2S. The van der Waals surface area contributed by atoms with Gasteiger partial charge in [-0.05, 0) is 36.0 Å². The first-order chi connectivity index (χ1) is 15.0. The van der Waals surface area contributed by atoms with Crippen LogP contribution >= 0.6 is 35.0 Å². The molecule has 1 aromatic heterocycles. The summed E-state index contributed by atoms with van der Waals surface area (Å²) >= 11 is 13.7. The van der Waals surface area contributed by atoms with Gasteiger partial charge in [0.15, 0.2) is 5.17 Å². The van der Waals surface area contributed by atoms with Gasteiger partial charge in [-0.15, -0.1) is 0 Å². The number of halogens is 2. The Morgan fingerprint density at radius 1 is 1.10 bits per heavy atom. The lowest BCUT2D eigenvalue weighted by atomic mass is 10.1. The molecule has 0 spiro atoms. The fourth-order valence-electron chi connectivity index (χ4n) is 2.86. The van der Waals surface area contributed by atoms with Crippen molar-refractivity contribution in [2.45, 2.75) is 6.61 Å². The maximum atomic E-state index is 12.8. The summed E-state index contributed by atoms with van der Waals surface area (Å²) in [5, 5.41) is 1.61. The zero-order valence-electron chi connectivity index (χ0n) is 16.5. The topological polar surface area (TPSA) is 54.8 Å². The van der Waals surface area contributed by atoms with Gasteiger partial charge in [0, 0.05) is 35.6 Å². The van der Waals surface area contributed by atoms with E-state index in [9.17, 15) is 4.79 Å². The third-order valence-electron chi connectivity index (χ3n) is 4.52. The molecular weight excluding hydrogens is 453 g/mol. The second-order valence-corrected chi connectivity index (χ2v) is 8.44. The van der Waals surface area contributed by atoms with E-state index in [-0.39, 0.29) is 5.91 Å². The largest absolute Gasteiger partial charge is 0.488 e. The van der Waals surface area contributed by atoms with Gasteiger partial charge in [0.25, 0.3) is 5.91 Å². The maximum Gasteiger partial charge on any atom is 0.266 e. The molecule has 2 aromatic carbocycles. The van der Waals surface area contributed by atoms with Gasteiger partial charge in [-0.3, -0.25) is 14.7 Å². The predicted molar refractivity (Wildman–Crippen MR) is 127 cm³/mol. The smallest absolute Gasteiger partial charge is 0.266 e. The molecule has 0 aliphatic carbocycles. The number of hydrogen-bond donors (Lipinski definition) is 0. The number of amides is 1. The first kappa shape index (κ1) is 21.4. The molecule has 8 heteroatoms. The lowest BCUT2D eigenvalue weighted by Crippen LogP contribution is -2.23. The minimum Gasteiger partial charge on any atom is -0.488 e. The molecule has 1 saturated heterocycles. The van der Waals surface area contributed by atoms with Gasteiger partial charge < -0.3 is 4.74 Å². The number of para-hydroxylation sites is 1. The predicted octanol–water partition coefficient (Wildman–Crippen LogP) is 6.20. The number of ether oxygens (including phenoxy) is 1. The van der Waals surface area contributed by atoms with Crippen molar-refractivity contribution in [3.05, 3.63) is 93.1 Å². The summed E-state index contributed by atoms with van der Waals surface area (Å²) in [6, 6.07) is 16.8. The quantitative estimate of drug-likeness (QED) is 0.417. The lowest BCUT2D eigenvalue weighted by molar-refractivity contribution is -0.121. The molecule has 5 nitrogen and oxygen atoms in total. The zero-order chi connectivity index (χ0) is 21.8. The molecule has 0 radical (unpaired) electrons. The molecule has 3 aromatic rings. The Kier molecular flexibility index (Phi) is 6.61. The summed E-state index contributed by atoms with van der Waals surface area (Å²) in [5.41, 5.74) is 2.24. The normalized spacial score (nSPS) is 16.4. The van der Waals surface area contributed by atoms with Gasteiger partial charge in [0.1, 0.15) is 12.4 Å². The molecule has 1 amide bonds. The molecule has 0 unspecified atom stereocenters. The zero-order valence-corrected chi connectivity index (χ0v) is 18.8. The molecule has 0 saturated carbocycles. The van der Waals surface area contributed by atoms with E-state index in [1.807, 2.05) is 54.6 Å². The van der Waals surface area contributed by atoms with Gasteiger partial charge >= 0.3 is 0 Å². The van der Waals surface area contributed by atoms with Crippen LogP contribution in [0, 0.1) is 0 Å². The number of rotatable bonds is 5. The Morgan fingerprint density at radius 2 is 1.87 bits per heavy atom. The third-order valence-corrected chi connectivity index (χ3v) is 6.24. The second kappa shape index (κ2) is 9.56. The van der Waals surface area contributed by atoms with Crippen LogP contribution in [0.4, 0.5) is 5.69 Å². The SMILES string of the molecule is CN1C(=O)/C(=C/c2ccccc2OCc2ccccc2Cl)SC1=Nc1ccncc1Cl. The van der Waals surface area contributed by atoms with Crippen molar-refractivity contribution in [2.24, 2.45) is 4.99 Å². The Balaban J connectivity index is 1.58. The molecule has 31 heavy (non-hydrogen) atoms. The monoisotopic (exact) mass is 469 g/mol. The molecule has 0 bridgehead atoms. The number of aromatic nitrogens is 1. The van der Waals surface area contributed by atoms with Gasteiger partial charge in [0.05, 0.1) is 15.6 Å². The molecule has 0 atom stereocenters. The van der Waals surface area contributed by atoms with Crippen LogP contribution in [0.15, 0.2) is 76.9 Å². The van der Waals surface area contributed by atoms with Crippen LogP contribution in [0.25, 0.3) is 6.08 Å². The average Bonchev–Trinajstić information content (AvgIpc) is 3.03. The van der Waals surface area contributed by atoms with E-state index in [4.69, 9.17) is 27.9 Å². The van der Waals surface area contributed by atoms with E-state index in [0.29, 0.717) is 38.2 Å². The molecule has 1 aliphatic heterocycles. The Labute approximate surface area is 194 Å². The molecule has 1 fully saturated rings. The molecule has 2 heterocycles. The first-order valence-corrected chi connectivity index (χ1v) is 10.9. The number of benzene rings is 2. The van der Waals surface area contributed by atoms with Crippen LogP contribution in [0.3, 0.4) is 0 Å². The van der Waals surface area contributed by atoms with E-state index in [1.165, 1.54) is 22.9 Å². The number of pyridine rings is 1. The van der Waals surface area contributed by atoms with E-state index in [1.54, 1.807) is 19.3 Å². The molecule has 4 rings (SSSR count). The minimum atomic E-state index is -0.144. The van der Waals surface area contributed by atoms with Crippen molar-refractivity contribution < 1.29 is 9.53 Å². The standard InChI is InChI=1S/C23H17Cl2N3O2S/c1-28-22(29)21(31-23(28)27-19-10-11-26-13-18(19)25)12-15-6-3-5-9-20(15)30-14-16-7-2-4-8-17(16)24/h2-13H,14H2,1H3/b21-12-,27-23?. The number of amidine groups is 1. The number of likely N-dealkylation sites (N-methyl/N-ethyl adjacent to an activating group) is 1. The minimum absolute atomic E-state index is 0.144. The van der Waals surface area contributed by atoms with Crippen LogP contribution in [0.1, 0.15) is 11.1 Å². The summed E-state index contributed by atoms with van der Waals surface area (Å²) in [4.78, 5) is 23.3. The summed E-state index contributed by atoms with van der Waals surface area (Å²) < 4.78 is 6.00. The highest BCUT2D eigenvalue weighted by molar-refractivity contribution is 8.18. The van der Waals surface area contributed by atoms with Crippen molar-refractivity contribution in [3.8, 4) is 5.75 Å². The summed E-state index contributed by atoms with van der Waals surface area (Å²) in [6.07, 6.45) is 4.93. The maximum absolute atomic E-state index is 12.8. The number of hydrogen-bond acceptors (Lipinski definition) is 5. The summed E-state index contributed by atoms with van der Waals surface area (Å²) in [6.45, 7) is 0.327. The highest BCUT2D eigenvalue weighted by atomic mass is 35.5. The van der Waals surface area contributed by atoms with Gasteiger partial charge in [0.2, 0.25) is 0 Å². The summed E-state index contributed by atoms with van der Waals surface area (Å²) in [5.74, 6) is 0.517. The van der Waals surface area contributed by atoms with Crippen molar-refractivity contribution in [2.75, 3.05) is 7.05 Å². The van der Waals surface area contributed by atoms with Crippen LogP contribution < -0.4 is 4.74 Å². The van der Waals surface area contributed by atoms with Crippen LogP contribution in [0.5, 0.6) is 5.75 Å². The highest BCUT2D eigenvalue weighted by Gasteiger charge is 2.30. The van der Waals surface area contributed by atoms with Crippen molar-refractivity contribution in [1.29, 1.82) is 0 Å². The van der Waals surface area contributed by atoms with Crippen molar-refractivity contribution >= 4 is 57.8 Å². The molecule has 156 valence electrons. The van der Waals surface area contributed by atoms with E-state index >= 15 is 0 Å². The van der Waals surface area contributed by atoms with Gasteiger partial charge in [-0.1, -0.05) is 59.6 Å². The molecule has 1 aliphatic rings. The van der Waals surface area contributed by atoms with E-state index in [2.05, 4.69) is 9.98 Å². The van der Waals surface area contributed by atoms with Crippen LogP contribution in [0.2, 0.25) is 10.0 Å². The number of carbonyl (C=O) groups excluding carboxylic acids is 1. The summed E-state index contributed by atoms with van der Waals surface area (Å²) in [7, 11) is 1.68. The fraction of sp³-hybridized carbons (Fsp3) is 0.0870. The second-order valence-electron chi connectivity index (χ2n) is 6.61. The number of nitrogens with zero attached hydrogens (tertiary/aromatic N) is 3. The number of aliphatic imine (C=N–C) groups is 1. The fourth-order valence-corrected chi connectivity index (χ4v) is 4.18. The average molecular weight is 470 g/mol. The lowest BCUT2D eigenvalue weighted by Gasteiger charge is -2.10. The molecule has 0 N–H and O–H groups in total. The Hall–Kier alpha value is -2.80. The first-order valence-electron chi connectivity index (χ1n) is 9.34. The number of thioether (sulfide) groups is 1. The Morgan fingerprint density at radius 3 is 2.68 bits per heavy atom. The van der Waals surface area contributed by atoms with Gasteiger partial charge in [-0.25, -0.2) is 4.99 Å². The van der Waals surface area contributed by atoms with Crippen molar-refractivity contribution in [1.82, 2.24) is 9.88 Å². The Bertz CT molecular complexity index is 1200. The number of carbonyl (C=O) groups is 1. The third kappa shape index (κ3) is 4.93. The van der Waals surface area contributed by atoms with E-state index < -0.39 is 0 Å². The van der Waals surface area contributed by atoms with E-state index in [0.717, 1.165) is 11.1 Å². The van der Waals surface area contributed by atoms with Gasteiger partial charge in [-0.2, -0.15) is 0 Å². The van der Waals surface area contributed by atoms with Crippen molar-refractivity contribution in [3.63, 3.8) is 0 Å². The highest BCUT2D eigenvalue weighted by Crippen LogP contribution is 2.36.